The van der Waals surface area contributed by atoms with Gasteiger partial charge in [0.2, 0.25) is 0 Å². The third kappa shape index (κ3) is 2.55. The smallest absolute Gasteiger partial charge is 0.125 e. The predicted octanol–water partition coefficient (Wildman–Crippen LogP) is 4.53. The van der Waals surface area contributed by atoms with Crippen molar-refractivity contribution in [2.45, 2.75) is 19.8 Å². The van der Waals surface area contributed by atoms with Gasteiger partial charge in [-0.2, -0.15) is 0 Å². The van der Waals surface area contributed by atoms with Crippen molar-refractivity contribution >= 4 is 10.9 Å². The number of aromatic nitrogens is 1. The van der Waals surface area contributed by atoms with Crippen LogP contribution >= 0.6 is 0 Å². The van der Waals surface area contributed by atoms with E-state index in [-0.39, 0.29) is 5.82 Å². The fourth-order valence-corrected chi connectivity index (χ4v) is 2.47. The molecule has 0 aliphatic heterocycles. The summed E-state index contributed by atoms with van der Waals surface area (Å²) < 4.78 is 13.3. The maximum atomic E-state index is 13.3. The molecular formula is C18H16FN. The second-order valence-corrected chi connectivity index (χ2v) is 4.95. The molecule has 1 nitrogen and oxygen atoms in total. The van der Waals surface area contributed by atoms with Gasteiger partial charge in [-0.25, -0.2) is 4.39 Å². The molecule has 0 atom stereocenters. The molecule has 1 heterocycles. The van der Waals surface area contributed by atoms with Gasteiger partial charge < -0.3 is 0 Å². The molecule has 100 valence electrons. The molecule has 0 bridgehead atoms. The van der Waals surface area contributed by atoms with E-state index in [2.05, 4.69) is 30.1 Å². The summed E-state index contributed by atoms with van der Waals surface area (Å²) >= 11 is 0. The van der Waals surface area contributed by atoms with Gasteiger partial charge in [-0.05, 0) is 35.7 Å². The Morgan fingerprint density at radius 1 is 1.00 bits per heavy atom. The van der Waals surface area contributed by atoms with E-state index in [1.807, 2.05) is 18.2 Å². The molecule has 0 amide bonds. The van der Waals surface area contributed by atoms with Gasteiger partial charge in [0.25, 0.3) is 0 Å². The first-order valence-corrected chi connectivity index (χ1v) is 6.88. The standard InChI is InChI=1S/C18H16FN/c1-2-14-11-15-8-9-16(19)12-18(15)20-17(14)10-13-6-4-3-5-7-13/h3-9,11-12H,2,10H2,1H3. The number of hydrogen-bond acceptors (Lipinski definition) is 1. The van der Waals surface area contributed by atoms with Gasteiger partial charge in [0, 0.05) is 23.6 Å². The van der Waals surface area contributed by atoms with Gasteiger partial charge in [0.15, 0.2) is 0 Å². The van der Waals surface area contributed by atoms with Crippen LogP contribution in [0.5, 0.6) is 0 Å². The van der Waals surface area contributed by atoms with Gasteiger partial charge in [-0.3, -0.25) is 4.98 Å². The van der Waals surface area contributed by atoms with Crippen molar-refractivity contribution in [3.8, 4) is 0 Å². The largest absolute Gasteiger partial charge is 0.252 e. The summed E-state index contributed by atoms with van der Waals surface area (Å²) in [5.41, 5.74) is 4.23. The number of aryl methyl sites for hydroxylation is 1. The van der Waals surface area contributed by atoms with Crippen molar-refractivity contribution in [3.63, 3.8) is 0 Å². The number of rotatable bonds is 3. The van der Waals surface area contributed by atoms with E-state index >= 15 is 0 Å². The number of halogens is 1. The van der Waals surface area contributed by atoms with Gasteiger partial charge in [0.1, 0.15) is 5.82 Å². The topological polar surface area (TPSA) is 12.9 Å². The van der Waals surface area contributed by atoms with Crippen molar-refractivity contribution in [1.29, 1.82) is 0 Å². The molecule has 3 rings (SSSR count). The highest BCUT2D eigenvalue weighted by molar-refractivity contribution is 5.79. The first-order valence-electron chi connectivity index (χ1n) is 6.88. The molecule has 1 aromatic heterocycles. The Kier molecular flexibility index (Phi) is 3.46. The summed E-state index contributed by atoms with van der Waals surface area (Å²) in [4.78, 5) is 4.66. The summed E-state index contributed by atoms with van der Waals surface area (Å²) in [5.74, 6) is -0.236. The van der Waals surface area contributed by atoms with Crippen molar-refractivity contribution in [3.05, 3.63) is 77.2 Å². The Bertz CT molecular complexity index is 735. The molecule has 0 spiro atoms. The Balaban J connectivity index is 2.08. The lowest BCUT2D eigenvalue weighted by Crippen LogP contribution is -1.99. The van der Waals surface area contributed by atoms with Crippen molar-refractivity contribution in [2.24, 2.45) is 0 Å². The van der Waals surface area contributed by atoms with E-state index in [0.29, 0.717) is 0 Å². The number of nitrogens with zero attached hydrogens (tertiary/aromatic N) is 1. The van der Waals surface area contributed by atoms with Crippen LogP contribution in [-0.4, -0.2) is 4.98 Å². The van der Waals surface area contributed by atoms with Crippen LogP contribution in [0.2, 0.25) is 0 Å². The van der Waals surface area contributed by atoms with Crippen molar-refractivity contribution in [1.82, 2.24) is 4.98 Å². The number of fused-ring (bicyclic) bond motifs is 1. The lowest BCUT2D eigenvalue weighted by atomic mass is 10.0. The molecule has 0 radical (unpaired) electrons. The Labute approximate surface area is 118 Å². The molecule has 0 aliphatic rings. The summed E-state index contributed by atoms with van der Waals surface area (Å²) in [6.07, 6.45) is 1.72. The minimum Gasteiger partial charge on any atom is -0.252 e. The number of benzene rings is 2. The molecule has 3 aromatic rings. The molecule has 20 heavy (non-hydrogen) atoms. The lowest BCUT2D eigenvalue weighted by molar-refractivity contribution is 0.629. The van der Waals surface area contributed by atoms with Crippen molar-refractivity contribution < 1.29 is 4.39 Å². The minimum atomic E-state index is -0.236. The number of hydrogen-bond donors (Lipinski definition) is 0. The van der Waals surface area contributed by atoms with E-state index in [1.165, 1.54) is 23.3 Å². The quantitative estimate of drug-likeness (QED) is 0.678. The highest BCUT2D eigenvalue weighted by Gasteiger charge is 2.07. The van der Waals surface area contributed by atoms with Gasteiger partial charge in [0.05, 0.1) is 5.52 Å². The van der Waals surface area contributed by atoms with Crippen LogP contribution in [0.3, 0.4) is 0 Å². The van der Waals surface area contributed by atoms with Gasteiger partial charge >= 0.3 is 0 Å². The summed E-state index contributed by atoms with van der Waals surface area (Å²) in [7, 11) is 0. The van der Waals surface area contributed by atoms with Crippen LogP contribution in [0.25, 0.3) is 10.9 Å². The minimum absolute atomic E-state index is 0.236. The monoisotopic (exact) mass is 265 g/mol. The summed E-state index contributed by atoms with van der Waals surface area (Å²) in [6.45, 7) is 2.13. The zero-order valence-corrected chi connectivity index (χ0v) is 11.4. The maximum absolute atomic E-state index is 13.3. The molecular weight excluding hydrogens is 249 g/mol. The maximum Gasteiger partial charge on any atom is 0.125 e. The molecule has 0 saturated heterocycles. The number of pyridine rings is 1. The van der Waals surface area contributed by atoms with E-state index in [0.717, 1.165) is 29.4 Å². The fraction of sp³-hybridized carbons (Fsp3) is 0.167. The molecule has 0 aliphatic carbocycles. The zero-order valence-electron chi connectivity index (χ0n) is 11.4. The predicted molar refractivity (Wildman–Crippen MR) is 80.3 cm³/mol. The van der Waals surface area contributed by atoms with E-state index < -0.39 is 0 Å². The van der Waals surface area contributed by atoms with E-state index in [9.17, 15) is 4.39 Å². The molecule has 0 N–H and O–H groups in total. The average Bonchev–Trinajstić information content (AvgIpc) is 2.47. The third-order valence-corrected chi connectivity index (χ3v) is 3.54. The second kappa shape index (κ2) is 5.41. The van der Waals surface area contributed by atoms with Crippen LogP contribution in [0.4, 0.5) is 4.39 Å². The lowest BCUT2D eigenvalue weighted by Gasteiger charge is -2.09. The van der Waals surface area contributed by atoms with Gasteiger partial charge in [-0.1, -0.05) is 37.3 Å². The van der Waals surface area contributed by atoms with Crippen LogP contribution in [0, 0.1) is 5.82 Å². The average molecular weight is 265 g/mol. The first-order chi connectivity index (χ1) is 9.76. The summed E-state index contributed by atoms with van der Waals surface area (Å²) in [6, 6.07) is 17.2. The highest BCUT2D eigenvalue weighted by Crippen LogP contribution is 2.20. The molecule has 0 fully saturated rings. The van der Waals surface area contributed by atoms with E-state index in [4.69, 9.17) is 0 Å². The van der Waals surface area contributed by atoms with Crippen LogP contribution < -0.4 is 0 Å². The molecule has 0 saturated carbocycles. The zero-order chi connectivity index (χ0) is 13.9. The fourth-order valence-electron chi connectivity index (χ4n) is 2.47. The van der Waals surface area contributed by atoms with E-state index in [1.54, 1.807) is 6.07 Å². The SMILES string of the molecule is CCc1cc2ccc(F)cc2nc1Cc1ccccc1. The normalized spacial score (nSPS) is 10.9. The Morgan fingerprint density at radius 3 is 2.55 bits per heavy atom. The first kappa shape index (κ1) is 12.8. The van der Waals surface area contributed by atoms with Gasteiger partial charge in [-0.15, -0.1) is 0 Å². The molecule has 0 unspecified atom stereocenters. The summed E-state index contributed by atoms with van der Waals surface area (Å²) in [5, 5.41) is 1.00. The third-order valence-electron chi connectivity index (χ3n) is 3.54. The van der Waals surface area contributed by atoms with Crippen molar-refractivity contribution in [2.75, 3.05) is 0 Å². The second-order valence-electron chi connectivity index (χ2n) is 4.95. The highest BCUT2D eigenvalue weighted by atomic mass is 19.1. The van der Waals surface area contributed by atoms with Crippen LogP contribution in [0.1, 0.15) is 23.7 Å². The Morgan fingerprint density at radius 2 is 1.80 bits per heavy atom. The van der Waals surface area contributed by atoms with Crippen LogP contribution in [0.15, 0.2) is 54.6 Å². The molecule has 2 heteroatoms. The van der Waals surface area contributed by atoms with Crippen LogP contribution in [-0.2, 0) is 12.8 Å². The molecule has 2 aromatic carbocycles. The Hall–Kier alpha value is -2.22.